The molecule has 0 unspecified atom stereocenters. The van der Waals surface area contributed by atoms with Gasteiger partial charge < -0.3 is 0 Å². The molecule has 3 rings (SSSR count). The highest BCUT2D eigenvalue weighted by atomic mass is 79.9. The van der Waals surface area contributed by atoms with E-state index in [0.717, 1.165) is 30.2 Å². The van der Waals surface area contributed by atoms with Crippen LogP contribution in [0.2, 0.25) is 0 Å². The molecule has 1 heterocycles. The third kappa shape index (κ3) is 4.11. The average molecular weight is 445 g/mol. The van der Waals surface area contributed by atoms with Gasteiger partial charge in [0.05, 0.1) is 10.1 Å². The molecule has 1 aromatic carbocycles. The number of halogens is 1. The summed E-state index contributed by atoms with van der Waals surface area (Å²) in [6, 6.07) is 6.46. The van der Waals surface area contributed by atoms with Gasteiger partial charge in [-0.05, 0) is 43.5 Å². The molecule has 25 heavy (non-hydrogen) atoms. The zero-order valence-electron chi connectivity index (χ0n) is 14.0. The van der Waals surface area contributed by atoms with E-state index in [2.05, 4.69) is 20.3 Å². The molecule has 8 heteroatoms. The molecule has 2 aliphatic rings. The first-order valence-electron chi connectivity index (χ1n) is 8.52. The van der Waals surface area contributed by atoms with E-state index in [9.17, 15) is 13.2 Å². The van der Waals surface area contributed by atoms with Gasteiger partial charge in [0.2, 0.25) is 5.91 Å². The van der Waals surface area contributed by atoms with Crippen molar-refractivity contribution in [2.45, 2.75) is 61.6 Å². The summed E-state index contributed by atoms with van der Waals surface area (Å²) in [7, 11) is -3.83. The van der Waals surface area contributed by atoms with Crippen LogP contribution in [0.3, 0.4) is 0 Å². The SMILES string of the molecule is CC[C@@H]1SC(=NS(=O)(=O)c2ccc(Br)cc2)N(C2CCCCC2)C1=O. The summed E-state index contributed by atoms with van der Waals surface area (Å²) in [6.07, 6.45) is 5.82. The monoisotopic (exact) mass is 444 g/mol. The van der Waals surface area contributed by atoms with Crippen LogP contribution < -0.4 is 0 Å². The molecule has 1 saturated heterocycles. The van der Waals surface area contributed by atoms with E-state index >= 15 is 0 Å². The van der Waals surface area contributed by atoms with Gasteiger partial charge in [-0.3, -0.25) is 9.69 Å². The number of benzene rings is 1. The number of hydrogen-bond donors (Lipinski definition) is 0. The quantitative estimate of drug-likeness (QED) is 0.698. The number of thioether (sulfide) groups is 1. The van der Waals surface area contributed by atoms with Gasteiger partial charge in [-0.15, -0.1) is 4.40 Å². The van der Waals surface area contributed by atoms with Crippen LogP contribution in [0.5, 0.6) is 0 Å². The second kappa shape index (κ2) is 7.80. The van der Waals surface area contributed by atoms with Crippen molar-refractivity contribution in [1.29, 1.82) is 0 Å². The molecule has 1 amide bonds. The van der Waals surface area contributed by atoms with Crippen LogP contribution in [0, 0.1) is 0 Å². The van der Waals surface area contributed by atoms with Gasteiger partial charge in [0.1, 0.15) is 0 Å². The first-order chi connectivity index (χ1) is 11.9. The van der Waals surface area contributed by atoms with Crippen LogP contribution in [0.1, 0.15) is 45.4 Å². The first kappa shape index (κ1) is 18.9. The lowest BCUT2D eigenvalue weighted by Gasteiger charge is -2.30. The maximum atomic E-state index is 12.7. The molecule has 136 valence electrons. The first-order valence-corrected chi connectivity index (χ1v) is 11.6. The number of carbonyl (C=O) groups is 1. The van der Waals surface area contributed by atoms with Crippen LogP contribution >= 0.6 is 27.7 Å². The highest BCUT2D eigenvalue weighted by Crippen LogP contribution is 2.36. The van der Waals surface area contributed by atoms with Crippen LogP contribution in [0.4, 0.5) is 0 Å². The summed E-state index contributed by atoms with van der Waals surface area (Å²) >= 11 is 4.58. The smallest absolute Gasteiger partial charge is 0.284 e. The summed E-state index contributed by atoms with van der Waals surface area (Å²) < 4.78 is 30.2. The minimum absolute atomic E-state index is 0.00385. The van der Waals surface area contributed by atoms with E-state index in [-0.39, 0.29) is 22.1 Å². The maximum Gasteiger partial charge on any atom is 0.284 e. The zero-order chi connectivity index (χ0) is 18.0. The Morgan fingerprint density at radius 2 is 1.84 bits per heavy atom. The predicted molar refractivity (Wildman–Crippen MR) is 104 cm³/mol. The molecule has 1 atom stereocenters. The summed E-state index contributed by atoms with van der Waals surface area (Å²) in [4.78, 5) is 14.5. The van der Waals surface area contributed by atoms with E-state index in [4.69, 9.17) is 0 Å². The van der Waals surface area contributed by atoms with E-state index in [1.807, 2.05) is 6.92 Å². The standard InChI is InChI=1S/C17H21BrN2O3S2/c1-2-15-16(21)20(13-6-4-3-5-7-13)17(24-15)19-25(22,23)14-10-8-12(18)9-11-14/h8-11,13,15H,2-7H2,1H3/t15-/m0/s1. The molecule has 5 nitrogen and oxygen atoms in total. The van der Waals surface area contributed by atoms with Crippen molar-refractivity contribution in [2.24, 2.45) is 4.40 Å². The van der Waals surface area contributed by atoms with Crippen molar-refractivity contribution in [3.8, 4) is 0 Å². The predicted octanol–water partition coefficient (Wildman–Crippen LogP) is 4.18. The Labute approximate surface area is 161 Å². The number of amides is 1. The van der Waals surface area contributed by atoms with Crippen LogP contribution in [0.15, 0.2) is 38.0 Å². The van der Waals surface area contributed by atoms with E-state index in [1.54, 1.807) is 17.0 Å². The minimum atomic E-state index is -3.83. The van der Waals surface area contributed by atoms with E-state index in [1.165, 1.54) is 30.3 Å². The molecular weight excluding hydrogens is 424 g/mol. The number of rotatable bonds is 4. The molecular formula is C17H21BrN2O3S2. The topological polar surface area (TPSA) is 66.8 Å². The Hall–Kier alpha value is -0.860. The molecule has 0 aromatic heterocycles. The van der Waals surface area contributed by atoms with Crippen molar-refractivity contribution in [3.05, 3.63) is 28.7 Å². The van der Waals surface area contributed by atoms with Crippen LogP contribution in [-0.2, 0) is 14.8 Å². The third-order valence-corrected chi connectivity index (χ3v) is 7.83. The summed E-state index contributed by atoms with van der Waals surface area (Å²) in [5, 5.41) is 0.104. The highest BCUT2D eigenvalue weighted by Gasteiger charge is 2.42. The molecule has 0 N–H and O–H groups in total. The summed E-state index contributed by atoms with van der Waals surface area (Å²) in [5.41, 5.74) is 0. The fourth-order valence-corrected chi connectivity index (χ4v) is 5.84. The van der Waals surface area contributed by atoms with Crippen molar-refractivity contribution >= 4 is 48.8 Å². The lowest BCUT2D eigenvalue weighted by atomic mass is 9.94. The fraction of sp³-hybridized carbons (Fsp3) is 0.529. The summed E-state index contributed by atoms with van der Waals surface area (Å²) in [5.74, 6) is 0.00385. The van der Waals surface area contributed by atoms with Crippen molar-refractivity contribution in [1.82, 2.24) is 4.90 Å². The lowest BCUT2D eigenvalue weighted by Crippen LogP contribution is -2.42. The lowest BCUT2D eigenvalue weighted by molar-refractivity contribution is -0.128. The Morgan fingerprint density at radius 1 is 1.20 bits per heavy atom. The normalized spacial score (nSPS) is 24.2. The minimum Gasteiger partial charge on any atom is -0.287 e. The molecule has 1 aliphatic heterocycles. The molecule has 2 fully saturated rings. The highest BCUT2D eigenvalue weighted by molar-refractivity contribution is 9.10. The third-order valence-electron chi connectivity index (χ3n) is 4.59. The molecule has 0 bridgehead atoms. The fourth-order valence-electron chi connectivity index (χ4n) is 3.24. The van der Waals surface area contributed by atoms with Crippen molar-refractivity contribution < 1.29 is 13.2 Å². The number of sulfonamides is 1. The molecule has 1 aliphatic carbocycles. The van der Waals surface area contributed by atoms with Crippen LogP contribution in [-0.4, -0.2) is 35.7 Å². The van der Waals surface area contributed by atoms with Crippen molar-refractivity contribution in [3.63, 3.8) is 0 Å². The molecule has 1 saturated carbocycles. The second-order valence-electron chi connectivity index (χ2n) is 6.32. The summed E-state index contributed by atoms with van der Waals surface area (Å²) in [6.45, 7) is 1.95. The number of nitrogens with zero attached hydrogens (tertiary/aromatic N) is 2. The Balaban J connectivity index is 1.95. The molecule has 1 aromatic rings. The van der Waals surface area contributed by atoms with Gasteiger partial charge in [0.15, 0.2) is 5.17 Å². The zero-order valence-corrected chi connectivity index (χ0v) is 17.2. The average Bonchev–Trinajstić information content (AvgIpc) is 2.90. The molecule has 0 radical (unpaired) electrons. The van der Waals surface area contributed by atoms with E-state index < -0.39 is 10.0 Å². The van der Waals surface area contributed by atoms with Gasteiger partial charge in [-0.1, -0.05) is 53.9 Å². The number of hydrogen-bond acceptors (Lipinski definition) is 4. The van der Waals surface area contributed by atoms with Crippen molar-refractivity contribution in [2.75, 3.05) is 0 Å². The van der Waals surface area contributed by atoms with Gasteiger partial charge in [-0.25, -0.2) is 0 Å². The van der Waals surface area contributed by atoms with Gasteiger partial charge in [0.25, 0.3) is 10.0 Å². The Kier molecular flexibility index (Phi) is 5.90. The Morgan fingerprint density at radius 3 is 2.44 bits per heavy atom. The van der Waals surface area contributed by atoms with Gasteiger partial charge in [0, 0.05) is 10.5 Å². The largest absolute Gasteiger partial charge is 0.287 e. The van der Waals surface area contributed by atoms with Gasteiger partial charge >= 0.3 is 0 Å². The Bertz CT molecular complexity index is 772. The van der Waals surface area contributed by atoms with E-state index in [0.29, 0.717) is 11.6 Å². The maximum absolute atomic E-state index is 12.7. The van der Waals surface area contributed by atoms with Gasteiger partial charge in [-0.2, -0.15) is 8.42 Å². The van der Waals surface area contributed by atoms with Crippen LogP contribution in [0.25, 0.3) is 0 Å². The molecule has 0 spiro atoms. The second-order valence-corrected chi connectivity index (χ2v) is 10.0. The number of amidine groups is 1. The number of carbonyl (C=O) groups excluding carboxylic acids is 1.